The van der Waals surface area contributed by atoms with Crippen LogP contribution in [-0.4, -0.2) is 22.0 Å². The second kappa shape index (κ2) is 4.57. The first-order valence-electron chi connectivity index (χ1n) is 5.16. The molecule has 0 amide bonds. The Morgan fingerprint density at radius 2 is 2.12 bits per heavy atom. The highest BCUT2D eigenvalue weighted by molar-refractivity contribution is 7.13. The molecule has 0 atom stereocenters. The molecule has 2 aromatic rings. The summed E-state index contributed by atoms with van der Waals surface area (Å²) < 4.78 is 0. The molecule has 0 aliphatic heterocycles. The van der Waals surface area contributed by atoms with E-state index in [1.165, 1.54) is 0 Å². The third-order valence-corrected chi connectivity index (χ3v) is 3.02. The van der Waals surface area contributed by atoms with Gasteiger partial charge in [-0.2, -0.15) is 0 Å². The molecule has 0 bridgehead atoms. The van der Waals surface area contributed by atoms with E-state index in [-0.39, 0.29) is 0 Å². The average molecular weight is 234 g/mol. The molecule has 1 N–H and O–H groups in total. The van der Waals surface area contributed by atoms with Gasteiger partial charge in [0, 0.05) is 25.0 Å². The predicted molar refractivity (Wildman–Crippen MR) is 66.8 cm³/mol. The number of rotatable bonds is 3. The standard InChI is InChI=1S/C11H14N4S/c1-7(2)8-4-10(12-3)15-11(14-8)9-5-13-6-16-9/h4-7H,1-3H3,(H,12,14,15). The highest BCUT2D eigenvalue weighted by atomic mass is 32.1. The number of aromatic nitrogens is 3. The van der Waals surface area contributed by atoms with Crippen molar-refractivity contribution in [2.75, 3.05) is 12.4 Å². The van der Waals surface area contributed by atoms with Crippen LogP contribution in [0.25, 0.3) is 10.7 Å². The summed E-state index contributed by atoms with van der Waals surface area (Å²) in [7, 11) is 1.86. The van der Waals surface area contributed by atoms with E-state index >= 15 is 0 Å². The zero-order valence-electron chi connectivity index (χ0n) is 9.56. The van der Waals surface area contributed by atoms with Crippen molar-refractivity contribution in [1.29, 1.82) is 0 Å². The minimum atomic E-state index is 0.391. The van der Waals surface area contributed by atoms with Crippen LogP contribution in [0.15, 0.2) is 17.8 Å². The van der Waals surface area contributed by atoms with Gasteiger partial charge in [0.1, 0.15) is 5.82 Å². The number of nitrogens with zero attached hydrogens (tertiary/aromatic N) is 3. The topological polar surface area (TPSA) is 50.7 Å². The maximum Gasteiger partial charge on any atom is 0.173 e. The van der Waals surface area contributed by atoms with Crippen molar-refractivity contribution in [2.45, 2.75) is 19.8 Å². The van der Waals surface area contributed by atoms with E-state index in [0.29, 0.717) is 5.92 Å². The fraction of sp³-hybridized carbons (Fsp3) is 0.364. The predicted octanol–water partition coefficient (Wildman–Crippen LogP) is 2.77. The lowest BCUT2D eigenvalue weighted by Crippen LogP contribution is -2.01. The molecule has 2 rings (SSSR count). The lowest BCUT2D eigenvalue weighted by Gasteiger charge is -2.08. The SMILES string of the molecule is CNc1cc(C(C)C)nc(-c2cncs2)n1. The molecule has 84 valence electrons. The van der Waals surface area contributed by atoms with Crippen molar-refractivity contribution in [3.8, 4) is 10.7 Å². The molecule has 2 heterocycles. The third kappa shape index (κ3) is 2.19. The Balaban J connectivity index is 2.49. The molecule has 0 saturated carbocycles. The van der Waals surface area contributed by atoms with E-state index in [1.807, 2.05) is 13.1 Å². The normalized spacial score (nSPS) is 10.8. The fourth-order valence-corrected chi connectivity index (χ4v) is 1.88. The van der Waals surface area contributed by atoms with Gasteiger partial charge in [-0.15, -0.1) is 11.3 Å². The summed E-state index contributed by atoms with van der Waals surface area (Å²) in [6.07, 6.45) is 1.80. The molecule has 0 saturated heterocycles. The molecular formula is C11H14N4S. The molecule has 0 spiro atoms. The Labute approximate surface area is 98.8 Å². The second-order valence-corrected chi connectivity index (χ2v) is 4.66. The van der Waals surface area contributed by atoms with Crippen LogP contribution in [0.4, 0.5) is 5.82 Å². The molecule has 0 aromatic carbocycles. The van der Waals surface area contributed by atoms with E-state index in [4.69, 9.17) is 0 Å². The summed E-state index contributed by atoms with van der Waals surface area (Å²) in [5.41, 5.74) is 2.84. The van der Waals surface area contributed by atoms with Gasteiger partial charge in [0.25, 0.3) is 0 Å². The van der Waals surface area contributed by atoms with Crippen molar-refractivity contribution in [2.24, 2.45) is 0 Å². The number of anilines is 1. The quantitative estimate of drug-likeness (QED) is 0.887. The number of hydrogen-bond donors (Lipinski definition) is 1. The van der Waals surface area contributed by atoms with Gasteiger partial charge in [0.05, 0.1) is 10.4 Å². The molecule has 0 radical (unpaired) electrons. The maximum atomic E-state index is 4.54. The maximum absolute atomic E-state index is 4.54. The van der Waals surface area contributed by atoms with E-state index in [9.17, 15) is 0 Å². The van der Waals surface area contributed by atoms with Crippen LogP contribution in [0.5, 0.6) is 0 Å². The first-order chi connectivity index (χ1) is 7.70. The molecule has 0 unspecified atom stereocenters. The lowest BCUT2D eigenvalue weighted by atomic mass is 10.1. The molecule has 5 heteroatoms. The minimum absolute atomic E-state index is 0.391. The van der Waals surface area contributed by atoms with Crippen LogP contribution in [-0.2, 0) is 0 Å². The van der Waals surface area contributed by atoms with Gasteiger partial charge >= 0.3 is 0 Å². The molecular weight excluding hydrogens is 220 g/mol. The van der Waals surface area contributed by atoms with Crippen LogP contribution in [0, 0.1) is 0 Å². The zero-order chi connectivity index (χ0) is 11.5. The van der Waals surface area contributed by atoms with Crippen molar-refractivity contribution >= 4 is 17.2 Å². The molecule has 0 aliphatic rings. The van der Waals surface area contributed by atoms with Crippen molar-refractivity contribution in [3.63, 3.8) is 0 Å². The summed E-state index contributed by atoms with van der Waals surface area (Å²) in [6, 6.07) is 1.98. The highest BCUT2D eigenvalue weighted by Gasteiger charge is 2.09. The summed E-state index contributed by atoms with van der Waals surface area (Å²) in [5, 5.41) is 3.06. The van der Waals surface area contributed by atoms with E-state index in [0.717, 1.165) is 22.2 Å². The van der Waals surface area contributed by atoms with Crippen molar-refractivity contribution < 1.29 is 0 Å². The van der Waals surface area contributed by atoms with E-state index in [2.05, 4.69) is 34.1 Å². The van der Waals surface area contributed by atoms with Gasteiger partial charge in [-0.05, 0) is 5.92 Å². The summed E-state index contributed by atoms with van der Waals surface area (Å²) >= 11 is 1.55. The Morgan fingerprint density at radius 3 is 2.69 bits per heavy atom. The van der Waals surface area contributed by atoms with Gasteiger partial charge in [0.2, 0.25) is 0 Å². The Bertz CT molecular complexity index is 465. The Kier molecular flexibility index (Phi) is 3.14. The van der Waals surface area contributed by atoms with Gasteiger partial charge in [0.15, 0.2) is 5.82 Å². The minimum Gasteiger partial charge on any atom is -0.373 e. The van der Waals surface area contributed by atoms with Crippen LogP contribution >= 0.6 is 11.3 Å². The Morgan fingerprint density at radius 1 is 1.31 bits per heavy atom. The summed E-state index contributed by atoms with van der Waals surface area (Å²) in [4.78, 5) is 14.0. The molecule has 2 aromatic heterocycles. The second-order valence-electron chi connectivity index (χ2n) is 3.77. The number of thiazole rings is 1. The van der Waals surface area contributed by atoms with Gasteiger partial charge in [-0.1, -0.05) is 13.8 Å². The van der Waals surface area contributed by atoms with Crippen molar-refractivity contribution in [3.05, 3.63) is 23.5 Å². The van der Waals surface area contributed by atoms with Crippen LogP contribution in [0.3, 0.4) is 0 Å². The van der Waals surface area contributed by atoms with Gasteiger partial charge < -0.3 is 5.32 Å². The molecule has 0 fully saturated rings. The monoisotopic (exact) mass is 234 g/mol. The number of nitrogens with one attached hydrogen (secondary N) is 1. The van der Waals surface area contributed by atoms with Crippen LogP contribution < -0.4 is 5.32 Å². The van der Waals surface area contributed by atoms with E-state index < -0.39 is 0 Å². The number of hydrogen-bond acceptors (Lipinski definition) is 5. The average Bonchev–Trinajstić information content (AvgIpc) is 2.81. The summed E-state index contributed by atoms with van der Waals surface area (Å²) in [5.74, 6) is 1.99. The molecule has 4 nitrogen and oxygen atoms in total. The van der Waals surface area contributed by atoms with Gasteiger partial charge in [-0.25, -0.2) is 9.97 Å². The smallest absolute Gasteiger partial charge is 0.173 e. The fourth-order valence-electron chi connectivity index (χ4n) is 1.33. The largest absolute Gasteiger partial charge is 0.373 e. The summed E-state index contributed by atoms with van der Waals surface area (Å²) in [6.45, 7) is 4.25. The van der Waals surface area contributed by atoms with Crippen LogP contribution in [0.1, 0.15) is 25.5 Å². The lowest BCUT2D eigenvalue weighted by molar-refractivity contribution is 0.818. The van der Waals surface area contributed by atoms with E-state index in [1.54, 1.807) is 23.0 Å². The van der Waals surface area contributed by atoms with Gasteiger partial charge in [-0.3, -0.25) is 4.98 Å². The Hall–Kier alpha value is -1.49. The first-order valence-corrected chi connectivity index (χ1v) is 6.04. The van der Waals surface area contributed by atoms with Crippen molar-refractivity contribution in [1.82, 2.24) is 15.0 Å². The van der Waals surface area contributed by atoms with Crippen LogP contribution in [0.2, 0.25) is 0 Å². The molecule has 0 aliphatic carbocycles. The third-order valence-electron chi connectivity index (χ3n) is 2.25. The zero-order valence-corrected chi connectivity index (χ0v) is 10.4. The molecule has 16 heavy (non-hydrogen) atoms. The highest BCUT2D eigenvalue weighted by Crippen LogP contribution is 2.23. The first kappa shape index (κ1) is 11.0.